The average molecular weight is 265 g/mol. The van der Waals surface area contributed by atoms with Crippen LogP contribution in [-0.2, 0) is 0 Å². The monoisotopic (exact) mass is 265 g/mol. The molecular weight excluding hydrogens is 242 g/mol. The molecule has 6 nitrogen and oxygen atoms in total. The molecule has 0 saturated carbocycles. The van der Waals surface area contributed by atoms with Gasteiger partial charge in [-0.05, 0) is 20.0 Å². The van der Waals surface area contributed by atoms with Gasteiger partial charge in [0.05, 0.1) is 12.4 Å². The van der Waals surface area contributed by atoms with Crippen molar-refractivity contribution in [2.75, 3.05) is 32.0 Å². The zero-order valence-corrected chi connectivity index (χ0v) is 12.1. The predicted octanol–water partition coefficient (Wildman–Crippen LogP) is 0.978. The molecule has 0 aliphatic rings. The smallest absolute Gasteiger partial charge is 0.271 e. The van der Waals surface area contributed by atoms with E-state index < -0.39 is 0 Å². The van der Waals surface area contributed by atoms with Gasteiger partial charge >= 0.3 is 0 Å². The summed E-state index contributed by atoms with van der Waals surface area (Å²) in [5, 5.41) is 5.79. The maximum Gasteiger partial charge on any atom is 0.271 e. The summed E-state index contributed by atoms with van der Waals surface area (Å²) in [7, 11) is 1.76. The van der Waals surface area contributed by atoms with Crippen LogP contribution in [-0.4, -0.2) is 53.5 Å². The number of aromatic nitrogens is 2. The van der Waals surface area contributed by atoms with Crippen molar-refractivity contribution in [3.8, 4) is 0 Å². The third-order valence-electron chi connectivity index (χ3n) is 2.94. The average Bonchev–Trinajstić information content (AvgIpc) is 2.44. The zero-order chi connectivity index (χ0) is 14.3. The first-order chi connectivity index (χ1) is 9.10. The van der Waals surface area contributed by atoms with E-state index in [4.69, 9.17) is 0 Å². The van der Waals surface area contributed by atoms with Gasteiger partial charge in [-0.2, -0.15) is 0 Å². The summed E-state index contributed by atoms with van der Waals surface area (Å²) in [6.07, 6.45) is 3.02. The van der Waals surface area contributed by atoms with Crippen molar-refractivity contribution in [2.45, 2.75) is 26.8 Å². The Hall–Kier alpha value is -1.69. The molecule has 0 aliphatic carbocycles. The standard InChI is InChI=1S/C13H23N5O/c1-5-18(6-2)9-10(3)17-13(19)11-7-16-12(14-4)8-15-11/h7-8,10H,5-6,9H2,1-4H3,(H,14,16)(H,17,19). The number of rotatable bonds is 7. The molecule has 0 fully saturated rings. The van der Waals surface area contributed by atoms with Gasteiger partial charge in [-0.1, -0.05) is 13.8 Å². The van der Waals surface area contributed by atoms with Crippen LogP contribution in [0.2, 0.25) is 0 Å². The number of amides is 1. The largest absolute Gasteiger partial charge is 0.372 e. The number of nitrogens with zero attached hydrogens (tertiary/aromatic N) is 3. The topological polar surface area (TPSA) is 70.2 Å². The minimum absolute atomic E-state index is 0.0816. The fourth-order valence-electron chi connectivity index (χ4n) is 1.79. The van der Waals surface area contributed by atoms with Gasteiger partial charge in [0.2, 0.25) is 0 Å². The zero-order valence-electron chi connectivity index (χ0n) is 12.1. The van der Waals surface area contributed by atoms with E-state index in [0.717, 1.165) is 19.6 Å². The number of anilines is 1. The van der Waals surface area contributed by atoms with E-state index in [2.05, 4.69) is 39.3 Å². The highest BCUT2D eigenvalue weighted by atomic mass is 16.1. The van der Waals surface area contributed by atoms with Crippen LogP contribution in [0.25, 0.3) is 0 Å². The van der Waals surface area contributed by atoms with E-state index >= 15 is 0 Å². The lowest BCUT2D eigenvalue weighted by Crippen LogP contribution is -2.42. The molecule has 0 bridgehead atoms. The first-order valence-electron chi connectivity index (χ1n) is 6.63. The van der Waals surface area contributed by atoms with Crippen LogP contribution in [0.3, 0.4) is 0 Å². The highest BCUT2D eigenvalue weighted by molar-refractivity contribution is 5.92. The molecule has 0 radical (unpaired) electrons. The highest BCUT2D eigenvalue weighted by Gasteiger charge is 2.13. The Bertz CT molecular complexity index is 389. The van der Waals surface area contributed by atoms with E-state index in [-0.39, 0.29) is 11.9 Å². The van der Waals surface area contributed by atoms with Gasteiger partial charge in [0, 0.05) is 19.6 Å². The van der Waals surface area contributed by atoms with Crippen molar-refractivity contribution in [2.24, 2.45) is 0 Å². The van der Waals surface area contributed by atoms with Crippen molar-refractivity contribution in [1.82, 2.24) is 20.2 Å². The number of carbonyl (C=O) groups excluding carboxylic acids is 1. The Kier molecular flexibility index (Phi) is 6.21. The molecule has 1 rings (SSSR count). The maximum atomic E-state index is 12.0. The summed E-state index contributed by atoms with van der Waals surface area (Å²) in [5.41, 5.74) is 0.338. The summed E-state index contributed by atoms with van der Waals surface area (Å²) in [5.74, 6) is 0.461. The van der Waals surface area contributed by atoms with Crippen LogP contribution in [0.4, 0.5) is 5.82 Å². The maximum absolute atomic E-state index is 12.0. The van der Waals surface area contributed by atoms with Gasteiger partial charge in [0.25, 0.3) is 5.91 Å². The van der Waals surface area contributed by atoms with Gasteiger partial charge in [0.1, 0.15) is 11.5 Å². The molecule has 0 saturated heterocycles. The van der Waals surface area contributed by atoms with Gasteiger partial charge in [0.15, 0.2) is 0 Å². The number of carbonyl (C=O) groups is 1. The van der Waals surface area contributed by atoms with Crippen LogP contribution in [0.1, 0.15) is 31.3 Å². The summed E-state index contributed by atoms with van der Waals surface area (Å²) in [6.45, 7) is 9.01. The van der Waals surface area contributed by atoms with Crippen LogP contribution in [0.15, 0.2) is 12.4 Å². The van der Waals surface area contributed by atoms with E-state index in [1.807, 2.05) is 6.92 Å². The Balaban J connectivity index is 2.53. The summed E-state index contributed by atoms with van der Waals surface area (Å²) >= 11 is 0. The van der Waals surface area contributed by atoms with Crippen LogP contribution < -0.4 is 10.6 Å². The van der Waals surface area contributed by atoms with Crippen molar-refractivity contribution < 1.29 is 4.79 Å². The normalized spacial score (nSPS) is 12.3. The van der Waals surface area contributed by atoms with Gasteiger partial charge in [-0.15, -0.1) is 0 Å². The fraction of sp³-hybridized carbons (Fsp3) is 0.615. The van der Waals surface area contributed by atoms with E-state index in [0.29, 0.717) is 11.5 Å². The number of nitrogens with one attached hydrogen (secondary N) is 2. The third-order valence-corrected chi connectivity index (χ3v) is 2.94. The minimum Gasteiger partial charge on any atom is -0.372 e. The van der Waals surface area contributed by atoms with Crippen LogP contribution in [0.5, 0.6) is 0 Å². The van der Waals surface area contributed by atoms with E-state index in [1.165, 1.54) is 6.20 Å². The highest BCUT2D eigenvalue weighted by Crippen LogP contribution is 2.00. The molecule has 1 atom stereocenters. The summed E-state index contributed by atoms with van der Waals surface area (Å²) < 4.78 is 0. The molecule has 1 aromatic heterocycles. The molecule has 1 unspecified atom stereocenters. The van der Waals surface area contributed by atoms with E-state index in [1.54, 1.807) is 13.2 Å². The molecule has 19 heavy (non-hydrogen) atoms. The predicted molar refractivity (Wildman–Crippen MR) is 76.3 cm³/mol. The van der Waals surface area contributed by atoms with Crippen molar-refractivity contribution in [3.05, 3.63) is 18.1 Å². The lowest BCUT2D eigenvalue weighted by atomic mass is 10.3. The quantitative estimate of drug-likeness (QED) is 0.769. The van der Waals surface area contributed by atoms with Gasteiger partial charge in [-0.3, -0.25) is 4.79 Å². The molecule has 1 amide bonds. The molecule has 2 N–H and O–H groups in total. The molecule has 6 heteroatoms. The summed E-state index contributed by atoms with van der Waals surface area (Å²) in [6, 6.07) is 0.0816. The number of hydrogen-bond donors (Lipinski definition) is 2. The second-order valence-corrected chi connectivity index (χ2v) is 4.40. The third kappa shape index (κ3) is 4.82. The van der Waals surface area contributed by atoms with Crippen molar-refractivity contribution >= 4 is 11.7 Å². The van der Waals surface area contributed by atoms with Crippen LogP contribution in [0, 0.1) is 0 Å². The van der Waals surface area contributed by atoms with Crippen LogP contribution >= 0.6 is 0 Å². The van der Waals surface area contributed by atoms with Gasteiger partial charge < -0.3 is 15.5 Å². The Labute approximate surface area is 114 Å². The SMILES string of the molecule is CCN(CC)CC(C)NC(=O)c1cnc(NC)cn1. The second kappa shape index (κ2) is 7.68. The second-order valence-electron chi connectivity index (χ2n) is 4.40. The molecule has 0 aromatic carbocycles. The van der Waals surface area contributed by atoms with Crippen molar-refractivity contribution in [1.29, 1.82) is 0 Å². The first-order valence-corrected chi connectivity index (χ1v) is 6.63. The van der Waals surface area contributed by atoms with E-state index in [9.17, 15) is 4.79 Å². The number of likely N-dealkylation sites (N-methyl/N-ethyl adjacent to an activating group) is 1. The fourth-order valence-corrected chi connectivity index (χ4v) is 1.79. The summed E-state index contributed by atoms with van der Waals surface area (Å²) in [4.78, 5) is 22.4. The van der Waals surface area contributed by atoms with Crippen molar-refractivity contribution in [3.63, 3.8) is 0 Å². The molecule has 1 aromatic rings. The molecule has 0 aliphatic heterocycles. The minimum atomic E-state index is -0.185. The molecule has 1 heterocycles. The van der Waals surface area contributed by atoms with Gasteiger partial charge in [-0.25, -0.2) is 9.97 Å². The molecule has 106 valence electrons. The lowest BCUT2D eigenvalue weighted by Gasteiger charge is -2.23. The Morgan fingerprint density at radius 3 is 2.47 bits per heavy atom. The first kappa shape index (κ1) is 15.4. The molecule has 0 spiro atoms. The Morgan fingerprint density at radius 2 is 2.00 bits per heavy atom. The molecular formula is C13H23N5O. The number of hydrogen-bond acceptors (Lipinski definition) is 5. The Morgan fingerprint density at radius 1 is 1.32 bits per heavy atom. The lowest BCUT2D eigenvalue weighted by molar-refractivity contribution is 0.0925.